The Morgan fingerprint density at radius 2 is 1.97 bits per heavy atom. The molecule has 0 unspecified atom stereocenters. The normalized spacial score (nSPS) is 20.5. The van der Waals surface area contributed by atoms with E-state index in [-0.39, 0.29) is 40.5 Å². The summed E-state index contributed by atoms with van der Waals surface area (Å²) in [6.45, 7) is 1.28. The van der Waals surface area contributed by atoms with E-state index >= 15 is 0 Å². The summed E-state index contributed by atoms with van der Waals surface area (Å²) in [5.74, 6) is -1.17. The van der Waals surface area contributed by atoms with E-state index in [9.17, 15) is 22.8 Å². The zero-order chi connectivity index (χ0) is 21.5. The third kappa shape index (κ3) is 3.99. The number of anilines is 1. The molecule has 2 aromatic rings. The number of thiophene rings is 1. The Bertz CT molecular complexity index is 1140. The lowest BCUT2D eigenvalue weighted by Crippen LogP contribution is -2.49. The molecular formula is C19H21N3O6S2. The molecule has 4 heterocycles. The second kappa shape index (κ2) is 7.88. The van der Waals surface area contributed by atoms with Crippen molar-refractivity contribution in [2.24, 2.45) is 5.92 Å². The Morgan fingerprint density at radius 1 is 1.17 bits per heavy atom. The van der Waals surface area contributed by atoms with Crippen LogP contribution >= 0.6 is 11.3 Å². The highest BCUT2D eigenvalue weighted by atomic mass is 32.2. The monoisotopic (exact) mass is 451 g/mol. The van der Waals surface area contributed by atoms with E-state index in [0.29, 0.717) is 19.6 Å². The molecule has 1 amide bonds. The average Bonchev–Trinajstić information content (AvgIpc) is 3.24. The largest absolute Gasteiger partial charge is 0.481 e. The first-order valence-electron chi connectivity index (χ1n) is 9.54. The van der Waals surface area contributed by atoms with Gasteiger partial charge in [0.1, 0.15) is 9.90 Å². The van der Waals surface area contributed by atoms with E-state index in [4.69, 9.17) is 5.11 Å². The minimum Gasteiger partial charge on any atom is -0.481 e. The first kappa shape index (κ1) is 20.6. The van der Waals surface area contributed by atoms with Crippen molar-refractivity contribution in [1.82, 2.24) is 9.47 Å². The van der Waals surface area contributed by atoms with Crippen LogP contribution in [-0.2, 0) is 26.2 Å². The minimum absolute atomic E-state index is 0.00140. The SMILES string of the molecule is O=C(O)CCC(=O)N1C[C@@H]2C[C@H](C1)c1ccc(NS(=O)(=O)c3cccs3)c(=O)n1C2. The molecule has 2 atom stereocenters. The number of carboxylic acids is 1. The number of carboxylic acid groups (broad SMARTS) is 1. The van der Waals surface area contributed by atoms with E-state index in [1.807, 2.05) is 0 Å². The number of carbonyl (C=O) groups is 2. The number of sulfonamides is 1. The highest BCUT2D eigenvalue weighted by molar-refractivity contribution is 7.94. The van der Waals surface area contributed by atoms with Crippen LogP contribution in [0.25, 0.3) is 0 Å². The molecule has 160 valence electrons. The van der Waals surface area contributed by atoms with Crippen LogP contribution in [0.2, 0.25) is 0 Å². The van der Waals surface area contributed by atoms with Crippen LogP contribution in [0.4, 0.5) is 5.69 Å². The number of hydrogen-bond donors (Lipinski definition) is 2. The van der Waals surface area contributed by atoms with Crippen LogP contribution in [0.1, 0.15) is 30.9 Å². The smallest absolute Gasteiger partial charge is 0.303 e. The van der Waals surface area contributed by atoms with Crippen LogP contribution in [0.15, 0.2) is 38.6 Å². The molecule has 1 saturated heterocycles. The van der Waals surface area contributed by atoms with Crippen molar-refractivity contribution in [2.75, 3.05) is 17.8 Å². The summed E-state index contributed by atoms with van der Waals surface area (Å²) in [4.78, 5) is 37.7. The van der Waals surface area contributed by atoms with Gasteiger partial charge in [0, 0.05) is 37.7 Å². The molecule has 30 heavy (non-hydrogen) atoms. The summed E-state index contributed by atoms with van der Waals surface area (Å²) in [6, 6.07) is 6.32. The van der Waals surface area contributed by atoms with E-state index in [0.717, 1.165) is 23.5 Å². The molecule has 0 radical (unpaired) electrons. The first-order valence-corrected chi connectivity index (χ1v) is 11.9. The van der Waals surface area contributed by atoms with Gasteiger partial charge in [-0.25, -0.2) is 8.42 Å². The van der Waals surface area contributed by atoms with Gasteiger partial charge in [0.15, 0.2) is 0 Å². The fraction of sp³-hybridized carbons (Fsp3) is 0.421. The molecule has 0 aromatic carbocycles. The number of carbonyl (C=O) groups excluding carboxylic acids is 1. The summed E-state index contributed by atoms with van der Waals surface area (Å²) in [7, 11) is -3.82. The molecule has 9 nitrogen and oxygen atoms in total. The Hall–Kier alpha value is -2.66. The number of piperidine rings is 1. The van der Waals surface area contributed by atoms with Crippen molar-refractivity contribution >= 4 is 38.9 Å². The fourth-order valence-electron chi connectivity index (χ4n) is 4.21. The third-order valence-corrected chi connectivity index (χ3v) is 8.28. The lowest BCUT2D eigenvalue weighted by Gasteiger charge is -2.43. The van der Waals surface area contributed by atoms with Gasteiger partial charge < -0.3 is 14.6 Å². The number of hydrogen-bond acceptors (Lipinski definition) is 6. The number of aromatic nitrogens is 1. The fourth-order valence-corrected chi connectivity index (χ4v) is 6.26. The van der Waals surface area contributed by atoms with Gasteiger partial charge in [-0.05, 0) is 35.9 Å². The highest BCUT2D eigenvalue weighted by Crippen LogP contribution is 2.36. The van der Waals surface area contributed by atoms with Gasteiger partial charge in [0.05, 0.1) is 6.42 Å². The number of nitrogens with one attached hydrogen (secondary N) is 1. The van der Waals surface area contributed by atoms with Crippen LogP contribution in [0.3, 0.4) is 0 Å². The third-order valence-electron chi connectivity index (χ3n) is 5.51. The van der Waals surface area contributed by atoms with Crippen molar-refractivity contribution in [3.63, 3.8) is 0 Å². The number of aliphatic carboxylic acids is 1. The molecule has 2 aliphatic rings. The molecule has 2 aromatic heterocycles. The molecule has 4 rings (SSSR count). The number of likely N-dealkylation sites (tertiary alicyclic amines) is 1. The number of amides is 1. The predicted molar refractivity (Wildman–Crippen MR) is 110 cm³/mol. The van der Waals surface area contributed by atoms with Gasteiger partial charge in [0.25, 0.3) is 15.6 Å². The molecule has 11 heteroatoms. The molecule has 0 aliphatic carbocycles. The molecule has 0 saturated carbocycles. The Kier molecular flexibility index (Phi) is 5.41. The van der Waals surface area contributed by atoms with Gasteiger partial charge in [0.2, 0.25) is 5.91 Å². The Labute approximate surface area is 177 Å². The van der Waals surface area contributed by atoms with Crippen molar-refractivity contribution < 1.29 is 23.1 Å². The van der Waals surface area contributed by atoms with Crippen LogP contribution in [0, 0.1) is 5.92 Å². The summed E-state index contributed by atoms with van der Waals surface area (Å²) >= 11 is 1.07. The molecule has 0 spiro atoms. The molecule has 2 N–H and O–H groups in total. The highest BCUT2D eigenvalue weighted by Gasteiger charge is 2.36. The lowest BCUT2D eigenvalue weighted by molar-refractivity contribution is -0.141. The Balaban J connectivity index is 1.56. The molecule has 2 aliphatic heterocycles. The quantitative estimate of drug-likeness (QED) is 0.686. The maximum atomic E-state index is 13.0. The molecule has 2 bridgehead atoms. The summed E-state index contributed by atoms with van der Waals surface area (Å²) in [5.41, 5.74) is 0.376. The second-order valence-corrected chi connectivity index (χ2v) is 10.5. The number of rotatable bonds is 6. The summed E-state index contributed by atoms with van der Waals surface area (Å²) in [5, 5.41) is 10.4. The zero-order valence-electron chi connectivity index (χ0n) is 16.0. The number of fused-ring (bicyclic) bond motifs is 4. The number of nitrogens with zero attached hydrogens (tertiary/aromatic N) is 2. The molecule has 1 fully saturated rings. The van der Waals surface area contributed by atoms with Crippen LogP contribution in [-0.4, -0.2) is 48.0 Å². The van der Waals surface area contributed by atoms with Gasteiger partial charge in [-0.1, -0.05) is 6.07 Å². The topological polar surface area (TPSA) is 126 Å². The van der Waals surface area contributed by atoms with E-state index in [1.54, 1.807) is 27.0 Å². The van der Waals surface area contributed by atoms with Crippen molar-refractivity contribution in [2.45, 2.75) is 35.9 Å². The van der Waals surface area contributed by atoms with E-state index in [1.165, 1.54) is 12.1 Å². The predicted octanol–water partition coefficient (Wildman–Crippen LogP) is 1.52. The number of pyridine rings is 1. The van der Waals surface area contributed by atoms with Crippen molar-refractivity contribution in [1.29, 1.82) is 0 Å². The average molecular weight is 452 g/mol. The van der Waals surface area contributed by atoms with E-state index < -0.39 is 21.6 Å². The van der Waals surface area contributed by atoms with Crippen LogP contribution in [0.5, 0.6) is 0 Å². The molecular weight excluding hydrogens is 430 g/mol. The van der Waals surface area contributed by atoms with Crippen LogP contribution < -0.4 is 10.3 Å². The summed E-state index contributed by atoms with van der Waals surface area (Å²) in [6.07, 6.45) is 0.599. The minimum atomic E-state index is -3.82. The van der Waals surface area contributed by atoms with Gasteiger partial charge in [-0.15, -0.1) is 11.3 Å². The maximum Gasteiger partial charge on any atom is 0.303 e. The second-order valence-electron chi connectivity index (χ2n) is 7.62. The van der Waals surface area contributed by atoms with Gasteiger partial charge in [-0.3, -0.25) is 19.1 Å². The van der Waals surface area contributed by atoms with E-state index in [2.05, 4.69) is 4.72 Å². The van der Waals surface area contributed by atoms with Crippen molar-refractivity contribution in [3.05, 3.63) is 45.7 Å². The standard InChI is InChI=1S/C19H21N3O6S2/c23-16(5-6-17(24)25)21-9-12-8-13(11-21)15-4-3-14(19(26)22(15)10-12)20-30(27,28)18-2-1-7-29-18/h1-4,7,12-13,20H,5-6,8-11H2,(H,24,25)/t12-,13+/m0/s1. The maximum absolute atomic E-state index is 13.0. The summed E-state index contributed by atoms with van der Waals surface area (Å²) < 4.78 is 29.1. The van der Waals surface area contributed by atoms with Gasteiger partial charge >= 0.3 is 5.97 Å². The van der Waals surface area contributed by atoms with Crippen molar-refractivity contribution in [3.8, 4) is 0 Å². The zero-order valence-corrected chi connectivity index (χ0v) is 17.6. The lowest BCUT2D eigenvalue weighted by atomic mass is 9.83. The van der Waals surface area contributed by atoms with Gasteiger partial charge in [-0.2, -0.15) is 0 Å². The first-order chi connectivity index (χ1) is 14.2. The Morgan fingerprint density at radius 3 is 2.67 bits per heavy atom.